The van der Waals surface area contributed by atoms with Crippen molar-refractivity contribution < 1.29 is 13.5 Å². The van der Waals surface area contributed by atoms with E-state index in [4.69, 9.17) is 4.74 Å². The zero-order valence-corrected chi connectivity index (χ0v) is 17.7. The number of rotatable bonds is 6. The molecule has 1 saturated carbocycles. The largest absolute Gasteiger partial charge is 0.484 e. The van der Waals surface area contributed by atoms with Gasteiger partial charge in [0.1, 0.15) is 11.6 Å². The van der Waals surface area contributed by atoms with Crippen LogP contribution in [0.15, 0.2) is 24.4 Å². The lowest BCUT2D eigenvalue weighted by atomic mass is 9.78. The molecule has 2 bridgehead atoms. The predicted molar refractivity (Wildman–Crippen MR) is 112 cm³/mol. The summed E-state index contributed by atoms with van der Waals surface area (Å²) >= 11 is 1.56. The molecule has 3 aromatic rings. The molecule has 0 amide bonds. The van der Waals surface area contributed by atoms with Crippen LogP contribution in [-0.4, -0.2) is 50.6 Å². The Bertz CT molecular complexity index is 1040. The highest BCUT2D eigenvalue weighted by atomic mass is 32.1. The third kappa shape index (κ3) is 3.36. The highest BCUT2D eigenvalue weighted by molar-refractivity contribution is 7.10. The highest BCUT2D eigenvalue weighted by Crippen LogP contribution is 2.47. The van der Waals surface area contributed by atoms with Crippen molar-refractivity contribution >= 4 is 28.1 Å². The fourth-order valence-electron chi connectivity index (χ4n) is 4.83. The molecule has 3 aromatic heterocycles. The van der Waals surface area contributed by atoms with Crippen LogP contribution < -0.4 is 15.0 Å². The normalized spacial score (nSPS) is 26.0. The Kier molecular flexibility index (Phi) is 4.76. The number of pyridine rings is 1. The van der Waals surface area contributed by atoms with Crippen LogP contribution in [-0.2, 0) is 0 Å². The van der Waals surface area contributed by atoms with E-state index in [1.807, 2.05) is 6.92 Å². The molecule has 1 saturated heterocycles. The van der Waals surface area contributed by atoms with Gasteiger partial charge in [0.05, 0.1) is 5.69 Å². The van der Waals surface area contributed by atoms with E-state index >= 15 is 0 Å². The molecular weight excluding hydrogens is 410 g/mol. The van der Waals surface area contributed by atoms with Gasteiger partial charge in [-0.3, -0.25) is 0 Å². The van der Waals surface area contributed by atoms with E-state index in [-0.39, 0.29) is 5.54 Å². The van der Waals surface area contributed by atoms with Crippen LogP contribution in [0.5, 0.6) is 5.75 Å². The number of aryl methyl sites for hydroxylation is 1. The second kappa shape index (κ2) is 7.33. The maximum Gasteiger partial charge on any atom is 0.272 e. The van der Waals surface area contributed by atoms with Gasteiger partial charge in [0.2, 0.25) is 5.95 Å². The summed E-state index contributed by atoms with van der Waals surface area (Å²) in [4.78, 5) is 7.00. The smallest absolute Gasteiger partial charge is 0.272 e. The van der Waals surface area contributed by atoms with Gasteiger partial charge < -0.3 is 15.0 Å². The third-order valence-corrected chi connectivity index (χ3v) is 7.38. The van der Waals surface area contributed by atoms with Gasteiger partial charge in [-0.2, -0.15) is 9.36 Å². The predicted octanol–water partition coefficient (Wildman–Crippen LogP) is 3.86. The van der Waals surface area contributed by atoms with E-state index in [1.54, 1.807) is 34.4 Å². The summed E-state index contributed by atoms with van der Waals surface area (Å²) in [5, 5.41) is 9.35. The van der Waals surface area contributed by atoms with Crippen molar-refractivity contribution in [3.63, 3.8) is 0 Å². The lowest BCUT2D eigenvalue weighted by Crippen LogP contribution is -2.56. The monoisotopic (exact) mass is 434 g/mol. The number of hydrogen-bond acceptors (Lipinski definition) is 7. The minimum Gasteiger partial charge on any atom is -0.484 e. The lowest BCUT2D eigenvalue weighted by molar-refractivity contribution is 0.0824. The van der Waals surface area contributed by atoms with Crippen LogP contribution in [0, 0.1) is 18.8 Å². The summed E-state index contributed by atoms with van der Waals surface area (Å²) < 4.78 is 36.3. The average Bonchev–Trinajstić information content (AvgIpc) is 3.33. The molecular formula is C20H24F2N6OS. The van der Waals surface area contributed by atoms with Gasteiger partial charge in [0, 0.05) is 24.8 Å². The van der Waals surface area contributed by atoms with Gasteiger partial charge in [-0.05, 0) is 68.3 Å². The van der Waals surface area contributed by atoms with Crippen molar-refractivity contribution in [2.24, 2.45) is 11.8 Å². The molecule has 1 aliphatic heterocycles. The van der Waals surface area contributed by atoms with E-state index in [1.165, 1.54) is 5.00 Å². The second-order valence-electron chi connectivity index (χ2n) is 8.37. The van der Waals surface area contributed by atoms with Crippen molar-refractivity contribution in [3.8, 4) is 5.75 Å². The van der Waals surface area contributed by atoms with Gasteiger partial charge in [-0.1, -0.05) is 0 Å². The first-order valence-electron chi connectivity index (χ1n) is 10.1. The number of anilines is 2. The molecule has 0 spiro atoms. The molecule has 30 heavy (non-hydrogen) atoms. The zero-order chi connectivity index (χ0) is 20.9. The maximum atomic E-state index is 12.5. The summed E-state index contributed by atoms with van der Waals surface area (Å²) in [6.07, 6.45) is 1.51. The van der Waals surface area contributed by atoms with Crippen molar-refractivity contribution in [1.29, 1.82) is 0 Å². The molecule has 1 aliphatic carbocycles. The van der Waals surface area contributed by atoms with E-state index in [2.05, 4.69) is 37.7 Å². The molecule has 0 aromatic carbocycles. The number of ether oxygens (including phenoxy) is 1. The average molecular weight is 435 g/mol. The summed E-state index contributed by atoms with van der Waals surface area (Å²) in [6.45, 7) is 5.56. The summed E-state index contributed by atoms with van der Waals surface area (Å²) in [6, 6.07) is 5.51. The second-order valence-corrected chi connectivity index (χ2v) is 9.15. The molecule has 5 rings (SSSR count). The van der Waals surface area contributed by atoms with Crippen LogP contribution in [0.3, 0.4) is 0 Å². The molecule has 160 valence electrons. The molecule has 7 nitrogen and oxygen atoms in total. The number of aromatic nitrogens is 4. The Morgan fingerprint density at radius 1 is 1.33 bits per heavy atom. The fraction of sp³-hybridized carbons (Fsp3) is 0.550. The SMILES string of the molecule is Cc1cc(N2CC3CC[C@@H](C2)C3(C)Nc2nc3c(OCC(F)F)cccn3n2)sn1. The Labute approximate surface area is 177 Å². The maximum absolute atomic E-state index is 12.5. The van der Waals surface area contributed by atoms with Gasteiger partial charge in [0.15, 0.2) is 11.4 Å². The summed E-state index contributed by atoms with van der Waals surface area (Å²) in [5.74, 6) is 1.73. The zero-order valence-electron chi connectivity index (χ0n) is 16.9. The summed E-state index contributed by atoms with van der Waals surface area (Å²) in [7, 11) is 0. The van der Waals surface area contributed by atoms with Crippen molar-refractivity contribution in [1.82, 2.24) is 19.0 Å². The van der Waals surface area contributed by atoms with Crippen molar-refractivity contribution in [2.45, 2.75) is 38.7 Å². The van der Waals surface area contributed by atoms with E-state index < -0.39 is 13.0 Å². The van der Waals surface area contributed by atoms with Crippen LogP contribution >= 0.6 is 11.5 Å². The van der Waals surface area contributed by atoms with E-state index in [0.29, 0.717) is 29.2 Å². The Hall–Kier alpha value is -2.49. The minimum atomic E-state index is -2.53. The Morgan fingerprint density at radius 2 is 2.10 bits per heavy atom. The Morgan fingerprint density at radius 3 is 2.77 bits per heavy atom. The van der Waals surface area contributed by atoms with Crippen molar-refractivity contribution in [2.75, 3.05) is 29.9 Å². The van der Waals surface area contributed by atoms with Crippen LogP contribution in [0.25, 0.3) is 5.65 Å². The van der Waals surface area contributed by atoms with Crippen LogP contribution in [0.1, 0.15) is 25.5 Å². The van der Waals surface area contributed by atoms with Crippen LogP contribution in [0.4, 0.5) is 19.7 Å². The molecule has 10 heteroatoms. The number of nitrogens with zero attached hydrogens (tertiary/aromatic N) is 5. The number of fused-ring (bicyclic) bond motifs is 3. The Balaban J connectivity index is 1.37. The molecule has 3 atom stereocenters. The number of hydrogen-bond donors (Lipinski definition) is 1. The topological polar surface area (TPSA) is 67.6 Å². The van der Waals surface area contributed by atoms with Gasteiger partial charge in [-0.25, -0.2) is 13.3 Å². The molecule has 0 radical (unpaired) electrons. The van der Waals surface area contributed by atoms with Crippen molar-refractivity contribution in [3.05, 3.63) is 30.1 Å². The quantitative estimate of drug-likeness (QED) is 0.636. The first-order valence-corrected chi connectivity index (χ1v) is 10.9. The number of halogens is 2. The molecule has 1 N–H and O–H groups in total. The van der Waals surface area contributed by atoms with E-state index in [0.717, 1.165) is 31.6 Å². The summed E-state index contributed by atoms with van der Waals surface area (Å²) in [5.41, 5.74) is 1.38. The molecule has 2 fully saturated rings. The first-order chi connectivity index (χ1) is 14.4. The fourth-order valence-corrected chi connectivity index (χ4v) is 5.61. The molecule has 2 aliphatic rings. The first kappa shape index (κ1) is 19.5. The van der Waals surface area contributed by atoms with Crippen LogP contribution in [0.2, 0.25) is 0 Å². The lowest BCUT2D eigenvalue weighted by Gasteiger charge is -2.46. The third-order valence-electron chi connectivity index (χ3n) is 6.44. The highest BCUT2D eigenvalue weighted by Gasteiger charge is 2.51. The number of nitrogens with one attached hydrogen (secondary N) is 1. The van der Waals surface area contributed by atoms with Gasteiger partial charge in [-0.15, -0.1) is 5.10 Å². The van der Waals surface area contributed by atoms with Gasteiger partial charge in [0.25, 0.3) is 6.43 Å². The standard InChI is InChI=1S/C20H24F2N6OS/c1-12-8-17(30-26-12)27-9-13-5-6-14(10-27)20(13,2)24-19-23-18-15(29-11-16(21)22)4-3-7-28(18)25-19/h3-4,7-8,13-14,16H,5-6,9-11H2,1-2H3,(H,24,25)/t13-,14?,20?/m0/s1. The molecule has 4 heterocycles. The van der Waals surface area contributed by atoms with Gasteiger partial charge >= 0.3 is 0 Å². The minimum absolute atomic E-state index is 0.120. The molecule has 2 unspecified atom stereocenters. The van der Waals surface area contributed by atoms with E-state index in [9.17, 15) is 8.78 Å². The number of alkyl halides is 2. The number of piperidine rings is 1.